The topological polar surface area (TPSA) is 81.5 Å². The molecule has 1 amide bonds. The molecule has 0 saturated carbocycles. The maximum absolute atomic E-state index is 13.2. The van der Waals surface area contributed by atoms with Gasteiger partial charge in [-0.25, -0.2) is 4.39 Å². The van der Waals surface area contributed by atoms with Crippen molar-refractivity contribution in [1.82, 2.24) is 5.32 Å². The summed E-state index contributed by atoms with van der Waals surface area (Å²) in [5.74, 6) is -1.32. The van der Waals surface area contributed by atoms with Crippen molar-refractivity contribution < 1.29 is 18.8 Å². The molecule has 0 spiro atoms. The Morgan fingerprint density at radius 1 is 1.48 bits per heavy atom. The first-order valence-electron chi connectivity index (χ1n) is 6.76. The summed E-state index contributed by atoms with van der Waals surface area (Å²) in [5, 5.41) is 13.6. The van der Waals surface area contributed by atoms with Gasteiger partial charge in [-0.3, -0.25) is 14.9 Å². The molecule has 0 aromatic heterocycles. The summed E-state index contributed by atoms with van der Waals surface area (Å²) in [7, 11) is 0. The second kappa shape index (κ2) is 7.56. The van der Waals surface area contributed by atoms with E-state index in [1.165, 1.54) is 6.92 Å². The highest BCUT2D eigenvalue weighted by atomic mass is 19.1. The van der Waals surface area contributed by atoms with Crippen LogP contribution in [0.3, 0.4) is 0 Å². The van der Waals surface area contributed by atoms with Crippen LogP contribution >= 0.6 is 0 Å². The summed E-state index contributed by atoms with van der Waals surface area (Å²) in [6.07, 6.45) is 0.787. The number of amides is 1. The van der Waals surface area contributed by atoms with Gasteiger partial charge in [0, 0.05) is 18.2 Å². The number of carbonyl (C=O) groups excluding carboxylic acids is 1. The Hall–Kier alpha value is -2.18. The number of benzene rings is 1. The predicted molar refractivity (Wildman–Crippen MR) is 75.7 cm³/mol. The zero-order chi connectivity index (χ0) is 16.0. The molecule has 6 nitrogen and oxygen atoms in total. The molecule has 21 heavy (non-hydrogen) atoms. The molecule has 0 radical (unpaired) electrons. The Balaban J connectivity index is 2.78. The smallest absolute Gasteiger partial charge is 0.311 e. The summed E-state index contributed by atoms with van der Waals surface area (Å²) < 4.78 is 18.4. The van der Waals surface area contributed by atoms with Gasteiger partial charge in [-0.2, -0.15) is 0 Å². The third-order valence-electron chi connectivity index (χ3n) is 2.90. The zero-order valence-corrected chi connectivity index (χ0v) is 12.3. The molecule has 0 aliphatic heterocycles. The molecule has 0 bridgehead atoms. The fourth-order valence-corrected chi connectivity index (χ4v) is 1.84. The quantitative estimate of drug-likeness (QED) is 0.620. The van der Waals surface area contributed by atoms with E-state index in [1.54, 1.807) is 0 Å². The minimum atomic E-state index is -0.954. The van der Waals surface area contributed by atoms with Crippen LogP contribution in [0.1, 0.15) is 33.6 Å². The highest BCUT2D eigenvalue weighted by Crippen LogP contribution is 2.28. The minimum Gasteiger partial charge on any atom is -0.474 e. The third kappa shape index (κ3) is 5.02. The standard InChI is InChI=1S/C14H19FN2O4/c1-4-5-9(2)16-14(18)10(3)21-13-8-11(15)6-7-12(13)17(19)20/h6-10H,4-5H2,1-3H3,(H,16,18). The molecule has 2 atom stereocenters. The Kier molecular flexibility index (Phi) is 6.08. The van der Waals surface area contributed by atoms with Crippen molar-refractivity contribution in [2.24, 2.45) is 0 Å². The van der Waals surface area contributed by atoms with Gasteiger partial charge >= 0.3 is 5.69 Å². The van der Waals surface area contributed by atoms with E-state index in [-0.39, 0.29) is 17.5 Å². The van der Waals surface area contributed by atoms with Crippen molar-refractivity contribution in [3.63, 3.8) is 0 Å². The SMILES string of the molecule is CCCC(C)NC(=O)C(C)Oc1cc(F)ccc1[N+](=O)[O-]. The van der Waals surface area contributed by atoms with Gasteiger partial charge in [-0.1, -0.05) is 13.3 Å². The van der Waals surface area contributed by atoms with E-state index in [1.807, 2.05) is 13.8 Å². The first-order chi connectivity index (χ1) is 9.85. The fraction of sp³-hybridized carbons (Fsp3) is 0.500. The molecule has 1 aromatic carbocycles. The lowest BCUT2D eigenvalue weighted by molar-refractivity contribution is -0.386. The molecule has 0 aliphatic carbocycles. The van der Waals surface area contributed by atoms with E-state index in [0.29, 0.717) is 0 Å². The van der Waals surface area contributed by atoms with Crippen molar-refractivity contribution in [2.45, 2.75) is 45.8 Å². The van der Waals surface area contributed by atoms with Crippen molar-refractivity contribution in [1.29, 1.82) is 0 Å². The van der Waals surface area contributed by atoms with Crippen LogP contribution in [0.4, 0.5) is 10.1 Å². The Morgan fingerprint density at radius 3 is 2.71 bits per heavy atom. The second-order valence-corrected chi connectivity index (χ2v) is 4.83. The van der Waals surface area contributed by atoms with Gasteiger partial charge in [0.05, 0.1) is 4.92 Å². The molecular weight excluding hydrogens is 279 g/mol. The lowest BCUT2D eigenvalue weighted by Gasteiger charge is -2.18. The van der Waals surface area contributed by atoms with Crippen LogP contribution in [-0.4, -0.2) is 23.0 Å². The van der Waals surface area contributed by atoms with Crippen LogP contribution in [-0.2, 0) is 4.79 Å². The molecule has 1 rings (SSSR count). The van der Waals surface area contributed by atoms with Gasteiger partial charge in [0.25, 0.3) is 5.91 Å². The van der Waals surface area contributed by atoms with Gasteiger partial charge in [-0.15, -0.1) is 0 Å². The second-order valence-electron chi connectivity index (χ2n) is 4.83. The largest absolute Gasteiger partial charge is 0.474 e. The Morgan fingerprint density at radius 2 is 2.14 bits per heavy atom. The number of hydrogen-bond donors (Lipinski definition) is 1. The number of rotatable bonds is 7. The third-order valence-corrected chi connectivity index (χ3v) is 2.90. The fourth-order valence-electron chi connectivity index (χ4n) is 1.84. The van der Waals surface area contributed by atoms with Crippen molar-refractivity contribution >= 4 is 11.6 Å². The molecule has 0 aliphatic rings. The van der Waals surface area contributed by atoms with Crippen molar-refractivity contribution in [3.05, 3.63) is 34.1 Å². The van der Waals surface area contributed by atoms with Crippen molar-refractivity contribution in [3.8, 4) is 5.75 Å². The lowest BCUT2D eigenvalue weighted by atomic mass is 10.2. The molecule has 116 valence electrons. The molecule has 7 heteroatoms. The van der Waals surface area contributed by atoms with E-state index in [2.05, 4.69) is 5.32 Å². The number of nitro groups is 1. The minimum absolute atomic E-state index is 0.0176. The highest BCUT2D eigenvalue weighted by molar-refractivity contribution is 5.81. The summed E-state index contributed by atoms with van der Waals surface area (Å²) >= 11 is 0. The number of nitro benzene ring substituents is 1. The summed E-state index contributed by atoms with van der Waals surface area (Å²) in [6, 6.07) is 2.86. The number of nitrogens with one attached hydrogen (secondary N) is 1. The first-order valence-corrected chi connectivity index (χ1v) is 6.76. The molecule has 0 heterocycles. The van der Waals surface area contributed by atoms with E-state index in [4.69, 9.17) is 4.74 Å². The van der Waals surface area contributed by atoms with Crippen molar-refractivity contribution in [2.75, 3.05) is 0 Å². The molecule has 1 N–H and O–H groups in total. The number of nitrogens with zero attached hydrogens (tertiary/aromatic N) is 1. The molecule has 2 unspecified atom stereocenters. The van der Waals surface area contributed by atoms with Gasteiger partial charge in [0.2, 0.25) is 5.75 Å². The number of carbonyl (C=O) groups is 1. The van der Waals surface area contributed by atoms with E-state index >= 15 is 0 Å². The molecular formula is C14H19FN2O4. The Bertz CT molecular complexity index is 522. The monoisotopic (exact) mass is 298 g/mol. The van der Waals surface area contributed by atoms with Crippen LogP contribution < -0.4 is 10.1 Å². The molecule has 0 fully saturated rings. The molecule has 0 saturated heterocycles. The highest BCUT2D eigenvalue weighted by Gasteiger charge is 2.22. The number of ether oxygens (including phenoxy) is 1. The first kappa shape index (κ1) is 16.9. The Labute approximate surface area is 122 Å². The lowest BCUT2D eigenvalue weighted by Crippen LogP contribution is -2.41. The average molecular weight is 298 g/mol. The van der Waals surface area contributed by atoms with Crippen LogP contribution in [0.15, 0.2) is 18.2 Å². The van der Waals surface area contributed by atoms with E-state index in [0.717, 1.165) is 31.0 Å². The maximum Gasteiger partial charge on any atom is 0.311 e. The summed E-state index contributed by atoms with van der Waals surface area (Å²) in [4.78, 5) is 22.1. The van der Waals surface area contributed by atoms with Gasteiger partial charge in [-0.05, 0) is 26.3 Å². The zero-order valence-electron chi connectivity index (χ0n) is 12.3. The molecule has 1 aromatic rings. The summed E-state index contributed by atoms with van der Waals surface area (Å²) in [6.45, 7) is 5.32. The van der Waals surface area contributed by atoms with E-state index < -0.39 is 22.8 Å². The van der Waals surface area contributed by atoms with Gasteiger partial charge in [0.1, 0.15) is 5.82 Å². The van der Waals surface area contributed by atoms with Gasteiger partial charge in [0.15, 0.2) is 6.10 Å². The van der Waals surface area contributed by atoms with Crippen LogP contribution in [0.25, 0.3) is 0 Å². The summed E-state index contributed by atoms with van der Waals surface area (Å²) in [5.41, 5.74) is -0.377. The normalized spacial score (nSPS) is 13.3. The number of hydrogen-bond acceptors (Lipinski definition) is 4. The van der Waals surface area contributed by atoms with Crippen LogP contribution in [0.5, 0.6) is 5.75 Å². The van der Waals surface area contributed by atoms with Crippen LogP contribution in [0, 0.1) is 15.9 Å². The van der Waals surface area contributed by atoms with Crippen LogP contribution in [0.2, 0.25) is 0 Å². The predicted octanol–water partition coefficient (Wildman–Crippen LogP) is 2.81. The van der Waals surface area contributed by atoms with Gasteiger partial charge < -0.3 is 10.1 Å². The van der Waals surface area contributed by atoms with E-state index in [9.17, 15) is 19.3 Å². The average Bonchev–Trinajstić information content (AvgIpc) is 2.38. The number of halogens is 1. The maximum atomic E-state index is 13.2.